The molecule has 0 aliphatic carbocycles. The summed E-state index contributed by atoms with van der Waals surface area (Å²) in [5.41, 5.74) is 1.97. The lowest BCUT2D eigenvalue weighted by molar-refractivity contribution is 0.386. The Hall–Kier alpha value is -3.22. The van der Waals surface area contributed by atoms with Gasteiger partial charge in [0.05, 0.1) is 18.5 Å². The van der Waals surface area contributed by atoms with E-state index in [4.69, 9.17) is 4.74 Å². The molecule has 0 aliphatic rings. The number of nitrogens with zero attached hydrogens (tertiary/aromatic N) is 3. The molecule has 0 amide bonds. The molecule has 0 bridgehead atoms. The number of anilines is 3. The Morgan fingerprint density at radius 1 is 1.11 bits per heavy atom. The summed E-state index contributed by atoms with van der Waals surface area (Å²) in [5, 5.41) is 6.40. The van der Waals surface area contributed by atoms with Gasteiger partial charge in [0.1, 0.15) is 5.82 Å². The Labute approximate surface area is 157 Å². The topological polar surface area (TPSA) is 72.0 Å². The molecule has 140 valence electrons. The first-order valence-corrected chi connectivity index (χ1v) is 8.76. The summed E-state index contributed by atoms with van der Waals surface area (Å²) >= 11 is 0. The first-order chi connectivity index (χ1) is 13.1. The molecule has 2 aromatic heterocycles. The number of pyridine rings is 1. The van der Waals surface area contributed by atoms with E-state index in [0.29, 0.717) is 23.1 Å². The van der Waals surface area contributed by atoms with Crippen LogP contribution in [0.1, 0.15) is 20.3 Å². The van der Waals surface area contributed by atoms with E-state index in [0.717, 1.165) is 12.1 Å². The lowest BCUT2D eigenvalue weighted by atomic mass is 10.2. The summed E-state index contributed by atoms with van der Waals surface area (Å²) < 4.78 is 18.9. The fraction of sp³-hybridized carbons (Fsp3) is 0.250. The molecule has 3 aromatic rings. The third-order valence-corrected chi connectivity index (χ3v) is 4.07. The molecule has 2 heterocycles. The summed E-state index contributed by atoms with van der Waals surface area (Å²) in [6, 6.07) is 12.3. The van der Waals surface area contributed by atoms with Gasteiger partial charge in [-0.2, -0.15) is 4.98 Å². The third kappa shape index (κ3) is 4.69. The maximum absolute atomic E-state index is 14.0. The third-order valence-electron chi connectivity index (χ3n) is 4.07. The van der Waals surface area contributed by atoms with Crippen molar-refractivity contribution in [3.05, 3.63) is 54.5 Å². The summed E-state index contributed by atoms with van der Waals surface area (Å²) in [6.45, 7) is 4.14. The van der Waals surface area contributed by atoms with Crippen molar-refractivity contribution < 1.29 is 9.13 Å². The van der Waals surface area contributed by atoms with E-state index >= 15 is 0 Å². The smallest absolute Gasteiger partial charge is 0.225 e. The van der Waals surface area contributed by atoms with Crippen molar-refractivity contribution in [2.45, 2.75) is 26.3 Å². The quantitative estimate of drug-likeness (QED) is 0.634. The van der Waals surface area contributed by atoms with Crippen molar-refractivity contribution in [2.75, 3.05) is 17.7 Å². The first kappa shape index (κ1) is 18.6. The van der Waals surface area contributed by atoms with Gasteiger partial charge in [-0.1, -0.05) is 13.0 Å². The van der Waals surface area contributed by atoms with Crippen molar-refractivity contribution in [2.24, 2.45) is 0 Å². The molecule has 6 nitrogen and oxygen atoms in total. The second kappa shape index (κ2) is 8.44. The molecule has 0 saturated heterocycles. The molecular weight excluding hydrogens is 345 g/mol. The highest BCUT2D eigenvalue weighted by molar-refractivity contribution is 5.65. The van der Waals surface area contributed by atoms with Crippen LogP contribution >= 0.6 is 0 Å². The lowest BCUT2D eigenvalue weighted by Crippen LogP contribution is -2.16. The molecule has 0 aliphatic heterocycles. The molecule has 0 fully saturated rings. The van der Waals surface area contributed by atoms with Crippen LogP contribution in [0, 0.1) is 5.82 Å². The standard InChI is InChI=1S/C20H22FN5O/c1-4-13(2)23-20-25-17(16-7-5-6-10-22-16)12-19(26-20)24-14-8-9-18(27-3)15(21)11-14/h5-13H,4H2,1-3H3,(H2,23,24,25,26)/t13-/m1/s1. The number of halogens is 1. The molecule has 0 spiro atoms. The Morgan fingerprint density at radius 2 is 1.96 bits per heavy atom. The zero-order chi connectivity index (χ0) is 19.2. The van der Waals surface area contributed by atoms with E-state index in [-0.39, 0.29) is 11.8 Å². The largest absolute Gasteiger partial charge is 0.494 e. The van der Waals surface area contributed by atoms with E-state index in [2.05, 4.69) is 39.4 Å². The molecule has 0 unspecified atom stereocenters. The molecule has 3 rings (SSSR count). The molecule has 7 heteroatoms. The number of ether oxygens (including phenoxy) is 1. The van der Waals surface area contributed by atoms with Gasteiger partial charge < -0.3 is 15.4 Å². The molecule has 2 N–H and O–H groups in total. The van der Waals surface area contributed by atoms with E-state index in [1.165, 1.54) is 13.2 Å². The summed E-state index contributed by atoms with van der Waals surface area (Å²) in [5.74, 6) is 0.779. The van der Waals surface area contributed by atoms with Crippen LogP contribution in [0.25, 0.3) is 11.4 Å². The van der Waals surface area contributed by atoms with Gasteiger partial charge in [-0.15, -0.1) is 0 Å². The van der Waals surface area contributed by atoms with Gasteiger partial charge in [-0.05, 0) is 37.6 Å². The Bertz CT molecular complexity index is 904. The van der Waals surface area contributed by atoms with Crippen molar-refractivity contribution in [3.8, 4) is 17.1 Å². The minimum Gasteiger partial charge on any atom is -0.494 e. The minimum absolute atomic E-state index is 0.191. The van der Waals surface area contributed by atoms with Crippen LogP contribution in [0.4, 0.5) is 21.8 Å². The molecule has 0 saturated carbocycles. The maximum atomic E-state index is 14.0. The monoisotopic (exact) mass is 367 g/mol. The van der Waals surface area contributed by atoms with Gasteiger partial charge in [0.25, 0.3) is 0 Å². The normalized spacial score (nSPS) is 11.7. The van der Waals surface area contributed by atoms with E-state index in [1.807, 2.05) is 18.2 Å². The number of nitrogens with one attached hydrogen (secondary N) is 2. The van der Waals surface area contributed by atoms with Gasteiger partial charge in [0, 0.05) is 30.1 Å². The predicted octanol–water partition coefficient (Wildman–Crippen LogP) is 4.64. The fourth-order valence-corrected chi connectivity index (χ4v) is 2.44. The zero-order valence-electron chi connectivity index (χ0n) is 15.5. The second-order valence-corrected chi connectivity index (χ2v) is 6.10. The van der Waals surface area contributed by atoms with Gasteiger partial charge in [0.2, 0.25) is 5.95 Å². The lowest BCUT2D eigenvalue weighted by Gasteiger charge is -2.14. The van der Waals surface area contributed by atoms with Crippen molar-refractivity contribution in [1.82, 2.24) is 15.0 Å². The number of benzene rings is 1. The number of aromatic nitrogens is 3. The van der Waals surface area contributed by atoms with E-state index < -0.39 is 5.82 Å². The first-order valence-electron chi connectivity index (χ1n) is 8.76. The van der Waals surface area contributed by atoms with Crippen LogP contribution in [0.15, 0.2) is 48.7 Å². The Kier molecular flexibility index (Phi) is 5.80. The number of methoxy groups -OCH3 is 1. The highest BCUT2D eigenvalue weighted by Crippen LogP contribution is 2.25. The van der Waals surface area contributed by atoms with Gasteiger partial charge in [0.15, 0.2) is 11.6 Å². The molecule has 1 atom stereocenters. The van der Waals surface area contributed by atoms with Gasteiger partial charge in [-0.25, -0.2) is 9.37 Å². The van der Waals surface area contributed by atoms with Crippen molar-refractivity contribution in [1.29, 1.82) is 0 Å². The summed E-state index contributed by atoms with van der Waals surface area (Å²) in [7, 11) is 1.43. The summed E-state index contributed by atoms with van der Waals surface area (Å²) in [4.78, 5) is 13.4. The number of hydrogen-bond donors (Lipinski definition) is 2. The van der Waals surface area contributed by atoms with Crippen LogP contribution in [0.5, 0.6) is 5.75 Å². The highest BCUT2D eigenvalue weighted by Gasteiger charge is 2.11. The van der Waals surface area contributed by atoms with Crippen LogP contribution in [0.2, 0.25) is 0 Å². The Morgan fingerprint density at radius 3 is 2.63 bits per heavy atom. The van der Waals surface area contributed by atoms with Crippen LogP contribution in [0.3, 0.4) is 0 Å². The molecule has 27 heavy (non-hydrogen) atoms. The fourth-order valence-electron chi connectivity index (χ4n) is 2.44. The second-order valence-electron chi connectivity index (χ2n) is 6.10. The number of rotatable bonds is 7. The van der Waals surface area contributed by atoms with Crippen LogP contribution in [-0.2, 0) is 0 Å². The molecule has 0 radical (unpaired) electrons. The highest BCUT2D eigenvalue weighted by atomic mass is 19.1. The van der Waals surface area contributed by atoms with E-state index in [1.54, 1.807) is 24.4 Å². The Balaban J connectivity index is 1.95. The van der Waals surface area contributed by atoms with Crippen molar-refractivity contribution in [3.63, 3.8) is 0 Å². The SMILES string of the molecule is CC[C@@H](C)Nc1nc(Nc2ccc(OC)c(F)c2)cc(-c2ccccn2)n1. The average molecular weight is 367 g/mol. The zero-order valence-corrected chi connectivity index (χ0v) is 15.5. The van der Waals surface area contributed by atoms with Crippen molar-refractivity contribution >= 4 is 17.5 Å². The van der Waals surface area contributed by atoms with Crippen LogP contribution < -0.4 is 15.4 Å². The maximum Gasteiger partial charge on any atom is 0.225 e. The average Bonchev–Trinajstić information content (AvgIpc) is 2.68. The van der Waals surface area contributed by atoms with Gasteiger partial charge in [-0.3, -0.25) is 4.98 Å². The number of hydrogen-bond acceptors (Lipinski definition) is 6. The predicted molar refractivity (Wildman–Crippen MR) is 105 cm³/mol. The molecular formula is C20H22FN5O. The molecule has 1 aromatic carbocycles. The summed E-state index contributed by atoms with van der Waals surface area (Å²) in [6.07, 6.45) is 2.65. The van der Waals surface area contributed by atoms with Crippen LogP contribution in [-0.4, -0.2) is 28.1 Å². The minimum atomic E-state index is -0.445. The van der Waals surface area contributed by atoms with E-state index in [9.17, 15) is 4.39 Å². The van der Waals surface area contributed by atoms with Gasteiger partial charge >= 0.3 is 0 Å².